The highest BCUT2D eigenvalue weighted by Crippen LogP contribution is 2.20. The summed E-state index contributed by atoms with van der Waals surface area (Å²) in [4.78, 5) is 0. The van der Waals surface area contributed by atoms with Crippen LogP contribution in [0, 0.1) is 0 Å². The van der Waals surface area contributed by atoms with E-state index in [0.29, 0.717) is 0 Å². The third kappa shape index (κ3) is 12.2. The monoisotopic (exact) mass is 397 g/mol. The Labute approximate surface area is 155 Å². The number of aromatic nitrogens is 1. The van der Waals surface area contributed by atoms with Crippen molar-refractivity contribution in [1.29, 1.82) is 0 Å². The smallest absolute Gasteiger partial charge is 0.485 e. The van der Waals surface area contributed by atoms with E-state index in [1.165, 1.54) is 63.5 Å². The van der Waals surface area contributed by atoms with Gasteiger partial charge in [-0.1, -0.05) is 52.4 Å². The van der Waals surface area contributed by atoms with Crippen LogP contribution in [0.2, 0.25) is 0 Å². The summed E-state index contributed by atoms with van der Waals surface area (Å²) in [6, 6.07) is 4.48. The molecule has 0 aliphatic rings. The van der Waals surface area contributed by atoms with Gasteiger partial charge in [0.25, 0.3) is 0 Å². The summed E-state index contributed by atoms with van der Waals surface area (Å²) < 4.78 is 61.2. The van der Waals surface area contributed by atoms with E-state index in [1.54, 1.807) is 0 Å². The van der Waals surface area contributed by atoms with Crippen molar-refractivity contribution in [3.05, 3.63) is 30.1 Å². The molecule has 8 heteroatoms. The number of aryl methyl sites for hydroxylation is 2. The summed E-state index contributed by atoms with van der Waals surface area (Å²) in [6.07, 6.45) is 16.8. The van der Waals surface area contributed by atoms with Gasteiger partial charge in [-0.2, -0.15) is 13.2 Å². The van der Waals surface area contributed by atoms with Gasteiger partial charge in [0.2, 0.25) is 0 Å². The van der Waals surface area contributed by atoms with Crippen molar-refractivity contribution in [1.82, 2.24) is 0 Å². The van der Waals surface area contributed by atoms with Crippen molar-refractivity contribution in [2.24, 2.45) is 0 Å². The summed E-state index contributed by atoms with van der Waals surface area (Å²) in [7, 11) is -6.09. The predicted molar refractivity (Wildman–Crippen MR) is 94.4 cm³/mol. The van der Waals surface area contributed by atoms with Crippen LogP contribution in [-0.4, -0.2) is 18.5 Å². The zero-order valence-electron chi connectivity index (χ0n) is 15.6. The molecule has 1 aromatic heterocycles. The number of hydrogen-bond donors (Lipinski definition) is 0. The first-order valence-electron chi connectivity index (χ1n) is 9.12. The molecule has 0 fully saturated rings. The van der Waals surface area contributed by atoms with Crippen LogP contribution in [0.4, 0.5) is 13.2 Å². The van der Waals surface area contributed by atoms with Crippen molar-refractivity contribution < 1.29 is 30.7 Å². The Balaban J connectivity index is 0.000000660. The minimum absolute atomic E-state index is 1.14. The summed E-state index contributed by atoms with van der Waals surface area (Å²) in [5, 5.41) is 0. The molecule has 0 N–H and O–H groups in total. The van der Waals surface area contributed by atoms with Gasteiger partial charge in [0.05, 0.1) is 0 Å². The highest BCUT2D eigenvalue weighted by Gasteiger charge is 2.36. The van der Waals surface area contributed by atoms with Gasteiger partial charge in [-0.05, 0) is 18.4 Å². The maximum atomic E-state index is 10.7. The van der Waals surface area contributed by atoms with E-state index in [0.717, 1.165) is 6.42 Å². The van der Waals surface area contributed by atoms with Crippen molar-refractivity contribution in [3.63, 3.8) is 0 Å². The molecule has 1 aromatic rings. The van der Waals surface area contributed by atoms with Gasteiger partial charge in [0, 0.05) is 18.6 Å². The SMILES string of the molecule is CCCCCCCCCC[n+]1ccc(CC)cc1.O=S(=O)([O-])C(F)(F)F. The van der Waals surface area contributed by atoms with E-state index < -0.39 is 15.6 Å². The molecule has 0 aliphatic heterocycles. The molecule has 4 nitrogen and oxygen atoms in total. The highest BCUT2D eigenvalue weighted by atomic mass is 32.2. The molecule has 152 valence electrons. The molecule has 0 unspecified atom stereocenters. The van der Waals surface area contributed by atoms with Gasteiger partial charge in [-0.25, -0.2) is 13.0 Å². The maximum absolute atomic E-state index is 10.7. The van der Waals surface area contributed by atoms with Crippen molar-refractivity contribution in [2.45, 2.75) is 83.7 Å². The van der Waals surface area contributed by atoms with Crippen molar-refractivity contribution in [2.75, 3.05) is 0 Å². The Morgan fingerprint density at radius 2 is 1.35 bits per heavy atom. The van der Waals surface area contributed by atoms with Crippen LogP contribution >= 0.6 is 0 Å². The third-order valence-corrected chi connectivity index (χ3v) is 4.49. The summed E-state index contributed by atoms with van der Waals surface area (Å²) in [5.74, 6) is 0. The first-order chi connectivity index (χ1) is 12.1. The maximum Gasteiger partial charge on any atom is 0.485 e. The van der Waals surface area contributed by atoms with Gasteiger partial charge in [-0.3, -0.25) is 0 Å². The van der Waals surface area contributed by atoms with Crippen LogP contribution in [0.15, 0.2) is 24.5 Å². The van der Waals surface area contributed by atoms with E-state index in [1.807, 2.05) is 0 Å². The number of rotatable bonds is 10. The minimum atomic E-state index is -6.09. The molecule has 1 rings (SSSR count). The second-order valence-corrected chi connectivity index (χ2v) is 7.54. The standard InChI is InChI=1S/C17H30N.CHF3O3S/c1-3-5-6-7-8-9-10-11-14-18-15-12-17(4-2)13-16-18;2-1(3,4)8(5,6)7/h12-13,15-16H,3-11,14H2,1-2H3;(H,5,6,7)/q+1;/p-1. The molecule has 0 bridgehead atoms. The molecule has 0 saturated carbocycles. The lowest BCUT2D eigenvalue weighted by molar-refractivity contribution is -0.697. The zero-order valence-corrected chi connectivity index (χ0v) is 16.4. The molecule has 0 aliphatic carbocycles. The van der Waals surface area contributed by atoms with Crippen LogP contribution in [0.3, 0.4) is 0 Å². The normalized spacial score (nSPS) is 11.8. The fraction of sp³-hybridized carbons (Fsp3) is 0.722. The van der Waals surface area contributed by atoms with Crippen LogP contribution in [0.1, 0.15) is 70.8 Å². The lowest BCUT2D eigenvalue weighted by Crippen LogP contribution is -2.32. The molecule has 0 saturated heterocycles. The summed E-state index contributed by atoms with van der Waals surface area (Å²) in [6.45, 7) is 5.66. The number of halogens is 3. The summed E-state index contributed by atoms with van der Waals surface area (Å²) in [5.41, 5.74) is -4.21. The van der Waals surface area contributed by atoms with Gasteiger partial charge < -0.3 is 4.55 Å². The number of hydrogen-bond acceptors (Lipinski definition) is 3. The first kappa shape index (κ1) is 24.8. The minimum Gasteiger partial charge on any atom is -0.741 e. The van der Waals surface area contributed by atoms with Crippen molar-refractivity contribution >= 4 is 10.1 Å². The van der Waals surface area contributed by atoms with E-state index >= 15 is 0 Å². The molecular weight excluding hydrogens is 367 g/mol. The lowest BCUT2D eigenvalue weighted by atomic mass is 10.1. The first-order valence-corrected chi connectivity index (χ1v) is 10.5. The lowest BCUT2D eigenvalue weighted by Gasteiger charge is -2.08. The Kier molecular flexibility index (Phi) is 12.5. The van der Waals surface area contributed by atoms with E-state index in [2.05, 4.69) is 42.9 Å². The number of pyridine rings is 1. The topological polar surface area (TPSA) is 61.1 Å². The molecular formula is C18H30F3NO3S. The van der Waals surface area contributed by atoms with E-state index in [4.69, 9.17) is 13.0 Å². The molecule has 26 heavy (non-hydrogen) atoms. The largest absolute Gasteiger partial charge is 0.741 e. The van der Waals surface area contributed by atoms with E-state index in [9.17, 15) is 13.2 Å². The second kappa shape index (κ2) is 13.1. The fourth-order valence-electron chi connectivity index (χ4n) is 2.30. The number of unbranched alkanes of at least 4 members (excludes halogenated alkanes) is 7. The molecule has 0 amide bonds. The quantitative estimate of drug-likeness (QED) is 0.248. The third-order valence-electron chi connectivity index (χ3n) is 3.92. The second-order valence-electron chi connectivity index (χ2n) is 6.17. The number of alkyl halides is 3. The fourth-order valence-corrected chi connectivity index (χ4v) is 2.30. The van der Waals surface area contributed by atoms with Crippen molar-refractivity contribution in [3.8, 4) is 0 Å². The van der Waals surface area contributed by atoms with E-state index in [-0.39, 0.29) is 0 Å². The Bertz CT molecular complexity index is 572. The average molecular weight is 398 g/mol. The molecule has 0 spiro atoms. The highest BCUT2D eigenvalue weighted by molar-refractivity contribution is 7.86. The van der Waals surface area contributed by atoms with Gasteiger partial charge in [-0.15, -0.1) is 0 Å². The Morgan fingerprint density at radius 1 is 0.923 bits per heavy atom. The Morgan fingerprint density at radius 3 is 1.73 bits per heavy atom. The predicted octanol–water partition coefficient (Wildman–Crippen LogP) is 4.73. The number of nitrogens with zero attached hydrogens (tertiary/aromatic N) is 1. The molecule has 0 aromatic carbocycles. The average Bonchev–Trinajstić information content (AvgIpc) is 2.56. The van der Waals surface area contributed by atoms with Crippen LogP contribution < -0.4 is 4.57 Å². The van der Waals surface area contributed by atoms with Gasteiger partial charge in [0.1, 0.15) is 6.54 Å². The molecule has 0 radical (unpaired) electrons. The van der Waals surface area contributed by atoms with Crippen LogP contribution in [-0.2, 0) is 23.1 Å². The van der Waals surface area contributed by atoms with Gasteiger partial charge >= 0.3 is 5.51 Å². The molecule has 0 atom stereocenters. The van der Waals surface area contributed by atoms with Crippen LogP contribution in [0.5, 0.6) is 0 Å². The van der Waals surface area contributed by atoms with Crippen LogP contribution in [0.25, 0.3) is 0 Å². The zero-order chi connectivity index (χ0) is 20.1. The Hall–Kier alpha value is -1.15. The summed E-state index contributed by atoms with van der Waals surface area (Å²) >= 11 is 0. The van der Waals surface area contributed by atoms with Gasteiger partial charge in [0.15, 0.2) is 22.5 Å². The molecule has 1 heterocycles.